The van der Waals surface area contributed by atoms with E-state index in [2.05, 4.69) is 5.32 Å². The van der Waals surface area contributed by atoms with Crippen molar-refractivity contribution in [2.45, 2.75) is 31.2 Å². The first-order valence-corrected chi connectivity index (χ1v) is 3.65. The Kier molecular flexibility index (Phi) is 2.27. The maximum absolute atomic E-state index is 10.1. The second-order valence-electron chi connectivity index (χ2n) is 2.91. The summed E-state index contributed by atoms with van der Waals surface area (Å²) in [7, 11) is 0. The van der Waals surface area contributed by atoms with E-state index in [4.69, 9.17) is 5.11 Å². The van der Waals surface area contributed by atoms with Gasteiger partial charge in [0.2, 0.25) is 6.41 Å². The first-order chi connectivity index (χ1) is 4.83. The molecular weight excluding hydrogens is 130 g/mol. The van der Waals surface area contributed by atoms with Crippen LogP contribution >= 0.6 is 0 Å². The highest BCUT2D eigenvalue weighted by molar-refractivity contribution is 5.48. The molecule has 1 aliphatic rings. The fourth-order valence-corrected chi connectivity index (χ4v) is 1.52. The number of aliphatic hydroxyl groups is 1. The molecular formula is C7H13NO2. The number of carbonyl (C=O) groups excluding carboxylic acids is 1. The molecule has 0 aliphatic heterocycles. The van der Waals surface area contributed by atoms with Gasteiger partial charge in [0.15, 0.2) is 0 Å². The largest absolute Gasteiger partial charge is 0.394 e. The third kappa shape index (κ3) is 1.29. The second-order valence-corrected chi connectivity index (χ2v) is 2.91. The molecule has 0 atom stereocenters. The van der Waals surface area contributed by atoms with Gasteiger partial charge < -0.3 is 10.4 Å². The van der Waals surface area contributed by atoms with Crippen LogP contribution in [-0.4, -0.2) is 23.7 Å². The Labute approximate surface area is 60.4 Å². The Morgan fingerprint density at radius 2 is 2.10 bits per heavy atom. The number of aliphatic hydroxyl groups excluding tert-OH is 1. The van der Waals surface area contributed by atoms with Gasteiger partial charge in [-0.2, -0.15) is 0 Å². The summed E-state index contributed by atoms with van der Waals surface area (Å²) in [5.41, 5.74) is -0.276. The molecule has 1 amide bonds. The SMILES string of the molecule is O=CNC1(CO)CCCC1. The number of rotatable bonds is 3. The van der Waals surface area contributed by atoms with Crippen LogP contribution < -0.4 is 5.32 Å². The molecule has 3 nitrogen and oxygen atoms in total. The van der Waals surface area contributed by atoms with E-state index in [0.29, 0.717) is 6.41 Å². The lowest BCUT2D eigenvalue weighted by atomic mass is 10.00. The molecule has 1 aliphatic carbocycles. The Balaban J connectivity index is 2.48. The maximum atomic E-state index is 10.1. The minimum Gasteiger partial charge on any atom is -0.394 e. The van der Waals surface area contributed by atoms with Gasteiger partial charge in [0, 0.05) is 0 Å². The number of hydrogen-bond acceptors (Lipinski definition) is 2. The fourth-order valence-electron chi connectivity index (χ4n) is 1.52. The third-order valence-corrected chi connectivity index (χ3v) is 2.23. The Hall–Kier alpha value is -0.570. The molecule has 0 spiro atoms. The zero-order valence-corrected chi connectivity index (χ0v) is 5.97. The van der Waals surface area contributed by atoms with E-state index in [-0.39, 0.29) is 12.1 Å². The summed E-state index contributed by atoms with van der Waals surface area (Å²) < 4.78 is 0. The first kappa shape index (κ1) is 7.54. The molecule has 10 heavy (non-hydrogen) atoms. The summed E-state index contributed by atoms with van der Waals surface area (Å²) in [6, 6.07) is 0. The molecule has 0 saturated heterocycles. The highest BCUT2D eigenvalue weighted by atomic mass is 16.3. The van der Waals surface area contributed by atoms with Crippen molar-refractivity contribution in [3.8, 4) is 0 Å². The zero-order valence-electron chi connectivity index (χ0n) is 5.97. The normalized spacial score (nSPS) is 22.5. The number of amides is 1. The molecule has 58 valence electrons. The summed E-state index contributed by atoms with van der Waals surface area (Å²) in [6.45, 7) is 0.0751. The van der Waals surface area contributed by atoms with Crippen molar-refractivity contribution in [1.82, 2.24) is 5.32 Å². The van der Waals surface area contributed by atoms with Gasteiger partial charge in [-0.05, 0) is 12.8 Å². The lowest BCUT2D eigenvalue weighted by Crippen LogP contribution is -2.45. The Bertz CT molecular complexity index is 119. The van der Waals surface area contributed by atoms with Gasteiger partial charge in [-0.25, -0.2) is 0 Å². The van der Waals surface area contributed by atoms with Crippen molar-refractivity contribution in [3.05, 3.63) is 0 Å². The molecule has 1 fully saturated rings. The zero-order chi connectivity index (χ0) is 7.45. The fraction of sp³-hybridized carbons (Fsp3) is 0.857. The van der Waals surface area contributed by atoms with Crippen LogP contribution in [0.15, 0.2) is 0 Å². The van der Waals surface area contributed by atoms with E-state index in [9.17, 15) is 4.79 Å². The average molecular weight is 143 g/mol. The van der Waals surface area contributed by atoms with E-state index >= 15 is 0 Å². The highest BCUT2D eigenvalue weighted by Gasteiger charge is 2.32. The van der Waals surface area contributed by atoms with Gasteiger partial charge in [-0.3, -0.25) is 4.79 Å². The predicted molar refractivity (Wildman–Crippen MR) is 37.5 cm³/mol. The van der Waals surface area contributed by atoms with Gasteiger partial charge in [-0.1, -0.05) is 12.8 Å². The summed E-state index contributed by atoms with van der Waals surface area (Å²) in [4.78, 5) is 10.1. The van der Waals surface area contributed by atoms with Crippen molar-refractivity contribution < 1.29 is 9.90 Å². The summed E-state index contributed by atoms with van der Waals surface area (Å²) >= 11 is 0. The average Bonchev–Trinajstić information content (AvgIpc) is 2.39. The van der Waals surface area contributed by atoms with Crippen molar-refractivity contribution in [2.24, 2.45) is 0 Å². The Morgan fingerprint density at radius 1 is 1.50 bits per heavy atom. The molecule has 0 heterocycles. The standard InChI is InChI=1S/C7H13NO2/c9-5-7(8-6-10)3-1-2-4-7/h6,9H,1-5H2,(H,8,10). The monoisotopic (exact) mass is 143 g/mol. The lowest BCUT2D eigenvalue weighted by molar-refractivity contribution is -0.111. The summed E-state index contributed by atoms with van der Waals surface area (Å²) in [6.07, 6.45) is 4.74. The van der Waals surface area contributed by atoms with E-state index < -0.39 is 0 Å². The molecule has 0 unspecified atom stereocenters. The van der Waals surface area contributed by atoms with E-state index in [0.717, 1.165) is 25.7 Å². The summed E-state index contributed by atoms with van der Waals surface area (Å²) in [5, 5.41) is 11.6. The van der Waals surface area contributed by atoms with Crippen LogP contribution in [0.4, 0.5) is 0 Å². The molecule has 3 heteroatoms. The van der Waals surface area contributed by atoms with Crippen LogP contribution in [0.1, 0.15) is 25.7 Å². The van der Waals surface area contributed by atoms with Gasteiger partial charge in [0.25, 0.3) is 0 Å². The smallest absolute Gasteiger partial charge is 0.207 e. The molecule has 0 bridgehead atoms. The number of nitrogens with one attached hydrogen (secondary N) is 1. The predicted octanol–water partition coefficient (Wildman–Crippen LogP) is 0.0375. The number of hydrogen-bond donors (Lipinski definition) is 2. The topological polar surface area (TPSA) is 49.3 Å². The van der Waals surface area contributed by atoms with Crippen molar-refractivity contribution in [3.63, 3.8) is 0 Å². The third-order valence-electron chi connectivity index (χ3n) is 2.23. The quantitative estimate of drug-likeness (QED) is 0.548. The van der Waals surface area contributed by atoms with Crippen LogP contribution in [0.25, 0.3) is 0 Å². The van der Waals surface area contributed by atoms with Gasteiger partial charge in [0.05, 0.1) is 12.1 Å². The minimum atomic E-state index is -0.276. The maximum Gasteiger partial charge on any atom is 0.207 e. The van der Waals surface area contributed by atoms with Crippen molar-refractivity contribution >= 4 is 6.41 Å². The molecule has 1 rings (SSSR count). The second kappa shape index (κ2) is 3.01. The molecule has 0 aromatic rings. The van der Waals surface area contributed by atoms with E-state index in [1.54, 1.807) is 0 Å². The van der Waals surface area contributed by atoms with E-state index in [1.807, 2.05) is 0 Å². The van der Waals surface area contributed by atoms with Gasteiger partial charge >= 0.3 is 0 Å². The molecule has 1 saturated carbocycles. The van der Waals surface area contributed by atoms with Gasteiger partial charge in [0.1, 0.15) is 0 Å². The minimum absolute atomic E-state index is 0.0751. The van der Waals surface area contributed by atoms with Crippen LogP contribution in [0.3, 0.4) is 0 Å². The Morgan fingerprint density at radius 3 is 2.50 bits per heavy atom. The van der Waals surface area contributed by atoms with Crippen molar-refractivity contribution in [2.75, 3.05) is 6.61 Å². The van der Waals surface area contributed by atoms with Gasteiger partial charge in [-0.15, -0.1) is 0 Å². The number of carbonyl (C=O) groups is 1. The highest BCUT2D eigenvalue weighted by Crippen LogP contribution is 2.28. The molecule has 2 N–H and O–H groups in total. The molecule has 0 radical (unpaired) electrons. The summed E-state index contributed by atoms with van der Waals surface area (Å²) in [5.74, 6) is 0. The van der Waals surface area contributed by atoms with E-state index in [1.165, 1.54) is 0 Å². The molecule has 0 aromatic heterocycles. The lowest BCUT2D eigenvalue weighted by Gasteiger charge is -2.24. The van der Waals surface area contributed by atoms with Crippen LogP contribution in [0, 0.1) is 0 Å². The molecule has 0 aromatic carbocycles. The van der Waals surface area contributed by atoms with Crippen molar-refractivity contribution in [1.29, 1.82) is 0 Å². The van der Waals surface area contributed by atoms with Crippen LogP contribution in [0.2, 0.25) is 0 Å². The first-order valence-electron chi connectivity index (χ1n) is 3.65. The van der Waals surface area contributed by atoms with Crippen LogP contribution in [-0.2, 0) is 4.79 Å². The van der Waals surface area contributed by atoms with Crippen LogP contribution in [0.5, 0.6) is 0 Å².